The molecule has 3 heteroatoms. The number of hydrogen-bond acceptors (Lipinski definition) is 3. The Labute approximate surface area is 131 Å². The van der Waals surface area contributed by atoms with Gasteiger partial charge in [-0.3, -0.25) is 0 Å². The monoisotopic (exact) mass is 301 g/mol. The van der Waals surface area contributed by atoms with Gasteiger partial charge in [0.2, 0.25) is 0 Å². The summed E-state index contributed by atoms with van der Waals surface area (Å²) in [5.41, 5.74) is 1.33. The van der Waals surface area contributed by atoms with Crippen LogP contribution in [0.15, 0.2) is 41.8 Å². The standard InChI is InChI=1S/C18H23NOS/c1-2-10-19-18(13-17-7-4-11-21-17)14-5-3-6-16(12-14)20-15-8-9-15/h3-7,11-12,15,18-19H,2,8-10,13H2,1H3. The zero-order valence-electron chi connectivity index (χ0n) is 12.5. The first-order valence-corrected chi connectivity index (χ1v) is 8.75. The average molecular weight is 301 g/mol. The van der Waals surface area contributed by atoms with Crippen LogP contribution < -0.4 is 10.1 Å². The molecule has 1 atom stereocenters. The van der Waals surface area contributed by atoms with E-state index in [9.17, 15) is 0 Å². The van der Waals surface area contributed by atoms with E-state index in [-0.39, 0.29) is 0 Å². The highest BCUT2D eigenvalue weighted by molar-refractivity contribution is 7.09. The van der Waals surface area contributed by atoms with Crippen LogP contribution in [-0.2, 0) is 6.42 Å². The van der Waals surface area contributed by atoms with Gasteiger partial charge < -0.3 is 10.1 Å². The zero-order valence-corrected chi connectivity index (χ0v) is 13.4. The van der Waals surface area contributed by atoms with Gasteiger partial charge in [0.25, 0.3) is 0 Å². The van der Waals surface area contributed by atoms with Gasteiger partial charge in [0.15, 0.2) is 0 Å². The highest BCUT2D eigenvalue weighted by atomic mass is 32.1. The molecule has 0 aliphatic heterocycles. The molecule has 0 amide bonds. The van der Waals surface area contributed by atoms with E-state index in [1.54, 1.807) is 0 Å². The summed E-state index contributed by atoms with van der Waals surface area (Å²) >= 11 is 1.83. The van der Waals surface area contributed by atoms with Crippen molar-refractivity contribution in [3.63, 3.8) is 0 Å². The molecule has 1 unspecified atom stereocenters. The minimum atomic E-state index is 0.367. The molecule has 1 aliphatic carbocycles. The second-order valence-electron chi connectivity index (χ2n) is 5.68. The molecule has 0 radical (unpaired) electrons. The maximum Gasteiger partial charge on any atom is 0.120 e. The van der Waals surface area contributed by atoms with Gasteiger partial charge in [0, 0.05) is 17.3 Å². The van der Waals surface area contributed by atoms with E-state index in [1.807, 2.05) is 11.3 Å². The fraction of sp³-hybridized carbons (Fsp3) is 0.444. The summed E-state index contributed by atoms with van der Waals surface area (Å²) in [5, 5.41) is 5.82. The molecule has 1 saturated carbocycles. The summed E-state index contributed by atoms with van der Waals surface area (Å²) < 4.78 is 5.93. The van der Waals surface area contributed by atoms with Crippen LogP contribution in [0.2, 0.25) is 0 Å². The topological polar surface area (TPSA) is 21.3 Å². The molecule has 2 aromatic rings. The molecule has 0 spiro atoms. The summed E-state index contributed by atoms with van der Waals surface area (Å²) in [7, 11) is 0. The Morgan fingerprint density at radius 1 is 1.29 bits per heavy atom. The first kappa shape index (κ1) is 14.6. The molecule has 0 saturated heterocycles. The van der Waals surface area contributed by atoms with Crippen molar-refractivity contribution in [2.45, 2.75) is 44.8 Å². The van der Waals surface area contributed by atoms with Crippen molar-refractivity contribution < 1.29 is 4.74 Å². The highest BCUT2D eigenvalue weighted by Crippen LogP contribution is 2.29. The van der Waals surface area contributed by atoms with Crippen LogP contribution in [0.25, 0.3) is 0 Å². The maximum absolute atomic E-state index is 5.93. The second kappa shape index (κ2) is 7.10. The number of ether oxygens (including phenoxy) is 1. The molecule has 1 heterocycles. The minimum Gasteiger partial charge on any atom is -0.490 e. The fourth-order valence-corrected chi connectivity index (χ4v) is 3.19. The SMILES string of the molecule is CCCNC(Cc1cccs1)c1cccc(OC2CC2)c1. The smallest absolute Gasteiger partial charge is 0.120 e. The van der Waals surface area contributed by atoms with E-state index in [4.69, 9.17) is 4.74 Å². The second-order valence-corrected chi connectivity index (χ2v) is 6.71. The van der Waals surface area contributed by atoms with Gasteiger partial charge in [-0.15, -0.1) is 11.3 Å². The third-order valence-corrected chi connectivity index (χ3v) is 4.61. The van der Waals surface area contributed by atoms with Crippen LogP contribution in [0.3, 0.4) is 0 Å². The fourth-order valence-electron chi connectivity index (χ4n) is 2.44. The molecule has 1 N–H and O–H groups in total. The predicted octanol–water partition coefficient (Wildman–Crippen LogP) is 4.57. The molecule has 1 aliphatic rings. The van der Waals surface area contributed by atoms with Crippen molar-refractivity contribution in [3.8, 4) is 5.75 Å². The van der Waals surface area contributed by atoms with Crippen LogP contribution in [-0.4, -0.2) is 12.6 Å². The molecule has 21 heavy (non-hydrogen) atoms. The molecular weight excluding hydrogens is 278 g/mol. The van der Waals surface area contributed by atoms with Gasteiger partial charge in [-0.1, -0.05) is 25.1 Å². The maximum atomic E-state index is 5.93. The average Bonchev–Trinajstić information content (AvgIpc) is 3.16. The molecule has 1 fully saturated rings. The van der Waals surface area contributed by atoms with Crippen molar-refractivity contribution in [1.82, 2.24) is 5.32 Å². The Balaban J connectivity index is 1.73. The molecular formula is C18H23NOS. The van der Waals surface area contributed by atoms with Crippen LogP contribution in [0.4, 0.5) is 0 Å². The van der Waals surface area contributed by atoms with Crippen LogP contribution in [0.1, 0.15) is 42.7 Å². The van der Waals surface area contributed by atoms with Crippen LogP contribution >= 0.6 is 11.3 Å². The number of hydrogen-bond donors (Lipinski definition) is 1. The van der Waals surface area contributed by atoms with Gasteiger partial charge >= 0.3 is 0 Å². The zero-order chi connectivity index (χ0) is 14.5. The van der Waals surface area contributed by atoms with Gasteiger partial charge in [0.1, 0.15) is 5.75 Å². The summed E-state index contributed by atoms with van der Waals surface area (Å²) in [6, 6.07) is 13.3. The molecule has 1 aromatic heterocycles. The van der Waals surface area contributed by atoms with E-state index in [0.29, 0.717) is 12.1 Å². The molecule has 3 rings (SSSR count). The number of benzene rings is 1. The number of nitrogens with one attached hydrogen (secondary N) is 1. The van der Waals surface area contributed by atoms with Crippen LogP contribution in [0, 0.1) is 0 Å². The van der Waals surface area contributed by atoms with E-state index < -0.39 is 0 Å². The van der Waals surface area contributed by atoms with E-state index in [2.05, 4.69) is 54.0 Å². The molecule has 112 valence electrons. The first-order valence-electron chi connectivity index (χ1n) is 7.87. The Hall–Kier alpha value is -1.32. The number of thiophene rings is 1. The molecule has 0 bridgehead atoms. The Morgan fingerprint density at radius 3 is 2.90 bits per heavy atom. The third-order valence-electron chi connectivity index (χ3n) is 3.71. The van der Waals surface area contributed by atoms with Crippen molar-refractivity contribution in [1.29, 1.82) is 0 Å². The summed E-state index contributed by atoms with van der Waals surface area (Å²) in [4.78, 5) is 1.43. The lowest BCUT2D eigenvalue weighted by Crippen LogP contribution is -2.23. The van der Waals surface area contributed by atoms with Gasteiger partial charge in [-0.2, -0.15) is 0 Å². The number of rotatable bonds is 8. The Morgan fingerprint density at radius 2 is 2.19 bits per heavy atom. The highest BCUT2D eigenvalue weighted by Gasteiger charge is 2.23. The largest absolute Gasteiger partial charge is 0.490 e. The normalized spacial score (nSPS) is 15.9. The summed E-state index contributed by atoms with van der Waals surface area (Å²) in [6.45, 7) is 3.26. The lowest BCUT2D eigenvalue weighted by Gasteiger charge is -2.19. The molecule has 2 nitrogen and oxygen atoms in total. The predicted molar refractivity (Wildman–Crippen MR) is 89.1 cm³/mol. The van der Waals surface area contributed by atoms with Crippen molar-refractivity contribution in [3.05, 3.63) is 52.2 Å². The van der Waals surface area contributed by atoms with Crippen molar-refractivity contribution in [2.75, 3.05) is 6.54 Å². The Bertz CT molecular complexity index is 548. The van der Waals surface area contributed by atoms with Crippen LogP contribution in [0.5, 0.6) is 5.75 Å². The van der Waals surface area contributed by atoms with E-state index >= 15 is 0 Å². The summed E-state index contributed by atoms with van der Waals surface area (Å²) in [5.74, 6) is 1.02. The lowest BCUT2D eigenvalue weighted by atomic mass is 10.0. The van der Waals surface area contributed by atoms with E-state index in [0.717, 1.165) is 25.1 Å². The first-order chi connectivity index (χ1) is 10.3. The van der Waals surface area contributed by atoms with E-state index in [1.165, 1.54) is 23.3 Å². The van der Waals surface area contributed by atoms with Gasteiger partial charge in [0.05, 0.1) is 6.10 Å². The van der Waals surface area contributed by atoms with Crippen molar-refractivity contribution >= 4 is 11.3 Å². The van der Waals surface area contributed by atoms with Crippen molar-refractivity contribution in [2.24, 2.45) is 0 Å². The van der Waals surface area contributed by atoms with Gasteiger partial charge in [-0.25, -0.2) is 0 Å². The van der Waals surface area contributed by atoms with Gasteiger partial charge in [-0.05, 0) is 54.9 Å². The minimum absolute atomic E-state index is 0.367. The lowest BCUT2D eigenvalue weighted by molar-refractivity contribution is 0.302. The Kier molecular flexibility index (Phi) is 4.94. The third kappa shape index (κ3) is 4.32. The quantitative estimate of drug-likeness (QED) is 0.771. The molecule has 1 aromatic carbocycles. The summed E-state index contributed by atoms with van der Waals surface area (Å²) in [6.07, 6.45) is 5.07.